The minimum Gasteiger partial charge on any atom is -0.476 e. The van der Waals surface area contributed by atoms with Crippen molar-refractivity contribution in [3.8, 4) is 0 Å². The van der Waals surface area contributed by atoms with Crippen LogP contribution in [-0.2, 0) is 4.74 Å². The molecule has 10 heteroatoms. The molecule has 2 aromatic heterocycles. The number of hydrogen-bond donors (Lipinski definition) is 3. The number of methoxy groups -OCH3 is 1. The molecular weight excluding hydrogens is 395 g/mol. The maximum Gasteiger partial charge on any atom is 0.357 e. The molecule has 0 aliphatic carbocycles. The molecule has 0 aliphatic rings. The van der Waals surface area contributed by atoms with Crippen LogP contribution in [0.4, 0.5) is 11.4 Å². The van der Waals surface area contributed by atoms with Crippen LogP contribution in [0, 0.1) is 0 Å². The number of halogens is 2. The molecule has 142 valence electrons. The number of anilines is 2. The third-order valence-corrected chi connectivity index (χ3v) is 3.50. The number of esters is 1. The lowest BCUT2D eigenvalue weighted by molar-refractivity contribution is 0.0593. The highest BCUT2D eigenvalue weighted by molar-refractivity contribution is 6.30. The fourth-order valence-corrected chi connectivity index (χ4v) is 2.33. The van der Waals surface area contributed by atoms with Crippen LogP contribution in [0.15, 0.2) is 25.3 Å². The second-order valence-electron chi connectivity index (χ2n) is 4.80. The quantitative estimate of drug-likeness (QED) is 0.513. The molecule has 0 unspecified atom stereocenters. The number of pyridine rings is 2. The minimum atomic E-state index is -1.18. The summed E-state index contributed by atoms with van der Waals surface area (Å²) in [5.41, 5.74) is 12.4. The number of carboxylic acids is 1. The first kappa shape index (κ1) is 21.9. The van der Waals surface area contributed by atoms with Crippen molar-refractivity contribution >= 4 is 58.7 Å². The van der Waals surface area contributed by atoms with E-state index >= 15 is 0 Å². The van der Waals surface area contributed by atoms with Gasteiger partial charge in [-0.2, -0.15) is 0 Å². The first-order chi connectivity index (χ1) is 12.7. The minimum absolute atomic E-state index is 0.0560. The van der Waals surface area contributed by atoms with Gasteiger partial charge in [-0.1, -0.05) is 48.5 Å². The predicted molar refractivity (Wildman–Crippen MR) is 106 cm³/mol. The highest BCUT2D eigenvalue weighted by Gasteiger charge is 2.15. The summed E-state index contributed by atoms with van der Waals surface area (Å²) in [7, 11) is 1.26. The van der Waals surface area contributed by atoms with E-state index in [0.717, 1.165) is 0 Å². The molecule has 0 radical (unpaired) electrons. The average molecular weight is 411 g/mol. The van der Waals surface area contributed by atoms with Crippen LogP contribution in [0.1, 0.15) is 32.1 Å². The molecule has 0 aliphatic heterocycles. The molecule has 2 heterocycles. The Morgan fingerprint density at radius 1 is 1.04 bits per heavy atom. The number of ether oxygens (including phenoxy) is 1. The van der Waals surface area contributed by atoms with Gasteiger partial charge in [-0.25, -0.2) is 19.6 Å². The second kappa shape index (κ2) is 9.56. The summed E-state index contributed by atoms with van der Waals surface area (Å²) >= 11 is 11.2. The van der Waals surface area contributed by atoms with Crippen molar-refractivity contribution in [3.63, 3.8) is 0 Å². The lowest BCUT2D eigenvalue weighted by atomic mass is 10.1. The number of nitrogens with zero attached hydrogens (tertiary/aromatic N) is 2. The van der Waals surface area contributed by atoms with Crippen LogP contribution in [0.5, 0.6) is 0 Å². The maximum absolute atomic E-state index is 11.3. The van der Waals surface area contributed by atoms with Gasteiger partial charge in [0, 0.05) is 22.5 Å². The summed E-state index contributed by atoms with van der Waals surface area (Å²) in [4.78, 5) is 29.3. The van der Waals surface area contributed by atoms with Gasteiger partial charge >= 0.3 is 11.9 Å². The summed E-state index contributed by atoms with van der Waals surface area (Å²) in [6, 6.07) is 2.83. The Labute approximate surface area is 165 Å². The number of rotatable bonds is 4. The Kier molecular flexibility index (Phi) is 7.77. The first-order valence-electron chi connectivity index (χ1n) is 7.14. The highest BCUT2D eigenvalue weighted by Crippen LogP contribution is 2.22. The molecule has 27 heavy (non-hydrogen) atoms. The van der Waals surface area contributed by atoms with Gasteiger partial charge in [0.25, 0.3) is 0 Å². The second-order valence-corrected chi connectivity index (χ2v) is 5.57. The van der Waals surface area contributed by atoms with Gasteiger partial charge < -0.3 is 21.3 Å². The van der Waals surface area contributed by atoms with Crippen LogP contribution in [0.3, 0.4) is 0 Å². The summed E-state index contributed by atoms with van der Waals surface area (Å²) in [6.45, 7) is 6.97. The van der Waals surface area contributed by atoms with Crippen molar-refractivity contribution in [1.29, 1.82) is 0 Å². The lowest BCUT2D eigenvalue weighted by Crippen LogP contribution is -2.09. The standard InChI is InChI=1S/C9H9ClN2O2.C8H7ClN2O2/c1-3-5-6(11)4-7(10)12-8(5)9(13)14-2;1-2-4-5(10)3-6(9)11-7(4)8(12)13/h3-4H,1H2,2H3,(H2,11,12);2-3H,1H2,(H2,10,11)(H,12,13). The molecule has 2 aromatic rings. The number of aromatic nitrogens is 2. The molecule has 0 fully saturated rings. The maximum atomic E-state index is 11.3. The largest absolute Gasteiger partial charge is 0.476 e. The van der Waals surface area contributed by atoms with Crippen LogP contribution in [0.25, 0.3) is 12.2 Å². The Morgan fingerprint density at radius 3 is 1.81 bits per heavy atom. The van der Waals surface area contributed by atoms with Crippen molar-refractivity contribution < 1.29 is 19.4 Å². The molecule has 0 saturated heterocycles. The normalized spacial score (nSPS) is 9.59. The van der Waals surface area contributed by atoms with Crippen molar-refractivity contribution in [1.82, 2.24) is 9.97 Å². The molecule has 0 aromatic carbocycles. The Morgan fingerprint density at radius 2 is 1.44 bits per heavy atom. The summed E-state index contributed by atoms with van der Waals surface area (Å²) in [6.07, 6.45) is 2.77. The molecule has 0 atom stereocenters. The summed E-state index contributed by atoms with van der Waals surface area (Å²) in [5, 5.41) is 8.92. The van der Waals surface area contributed by atoms with Crippen molar-refractivity contribution in [3.05, 3.63) is 58.1 Å². The summed E-state index contributed by atoms with van der Waals surface area (Å²) in [5.74, 6) is -1.77. The molecule has 8 nitrogen and oxygen atoms in total. The van der Waals surface area contributed by atoms with Gasteiger partial charge in [-0.05, 0) is 12.1 Å². The van der Waals surface area contributed by atoms with E-state index in [-0.39, 0.29) is 32.9 Å². The number of nitrogens with two attached hydrogens (primary N) is 2. The molecule has 0 spiro atoms. The molecule has 0 saturated carbocycles. The number of carboxylic acid groups (broad SMARTS) is 1. The van der Waals surface area contributed by atoms with E-state index in [0.29, 0.717) is 11.3 Å². The van der Waals surface area contributed by atoms with E-state index in [1.54, 1.807) is 0 Å². The molecule has 0 amide bonds. The van der Waals surface area contributed by atoms with E-state index < -0.39 is 11.9 Å². The van der Waals surface area contributed by atoms with Crippen LogP contribution >= 0.6 is 23.2 Å². The monoisotopic (exact) mass is 410 g/mol. The number of hydrogen-bond acceptors (Lipinski definition) is 7. The number of carbonyl (C=O) groups excluding carboxylic acids is 1. The van der Waals surface area contributed by atoms with Crippen LogP contribution in [0.2, 0.25) is 10.3 Å². The lowest BCUT2D eigenvalue weighted by Gasteiger charge is -2.06. The van der Waals surface area contributed by atoms with Gasteiger partial charge in [0.2, 0.25) is 0 Å². The summed E-state index contributed by atoms with van der Waals surface area (Å²) < 4.78 is 4.53. The average Bonchev–Trinajstić information content (AvgIpc) is 2.60. The third-order valence-electron chi connectivity index (χ3n) is 3.11. The van der Waals surface area contributed by atoms with Gasteiger partial charge in [0.05, 0.1) is 7.11 Å². The van der Waals surface area contributed by atoms with Crippen LogP contribution in [-0.4, -0.2) is 34.1 Å². The molecular formula is C17H16Cl2N4O4. The molecule has 5 N–H and O–H groups in total. The van der Waals surface area contributed by atoms with E-state index in [4.69, 9.17) is 39.8 Å². The van der Waals surface area contributed by atoms with E-state index in [2.05, 4.69) is 27.9 Å². The third kappa shape index (κ3) is 5.44. The van der Waals surface area contributed by atoms with Crippen LogP contribution < -0.4 is 11.5 Å². The van der Waals surface area contributed by atoms with Gasteiger partial charge in [0.1, 0.15) is 10.3 Å². The van der Waals surface area contributed by atoms with Gasteiger partial charge in [0.15, 0.2) is 11.4 Å². The number of carbonyl (C=O) groups is 2. The van der Waals surface area contributed by atoms with Gasteiger partial charge in [-0.3, -0.25) is 0 Å². The SMILES string of the molecule is C=Cc1c(N)cc(Cl)nc1C(=O)O.C=Cc1c(N)cc(Cl)nc1C(=O)OC. The molecule has 2 rings (SSSR count). The zero-order valence-corrected chi connectivity index (χ0v) is 15.7. The van der Waals surface area contributed by atoms with E-state index in [1.807, 2.05) is 0 Å². The first-order valence-corrected chi connectivity index (χ1v) is 7.90. The highest BCUT2D eigenvalue weighted by atomic mass is 35.5. The zero-order chi connectivity index (χ0) is 20.7. The van der Waals surface area contributed by atoms with E-state index in [9.17, 15) is 9.59 Å². The fourth-order valence-electron chi connectivity index (χ4n) is 1.93. The zero-order valence-electron chi connectivity index (χ0n) is 14.2. The Bertz CT molecular complexity index is 916. The molecule has 0 bridgehead atoms. The number of nitrogen functional groups attached to an aromatic ring is 2. The van der Waals surface area contributed by atoms with Gasteiger partial charge in [-0.15, -0.1) is 0 Å². The smallest absolute Gasteiger partial charge is 0.357 e. The van der Waals surface area contributed by atoms with E-state index in [1.165, 1.54) is 31.4 Å². The van der Waals surface area contributed by atoms with Crippen molar-refractivity contribution in [2.75, 3.05) is 18.6 Å². The number of aromatic carboxylic acids is 1. The predicted octanol–water partition coefficient (Wildman–Crippen LogP) is 3.41. The van der Waals surface area contributed by atoms with Crippen molar-refractivity contribution in [2.45, 2.75) is 0 Å². The topological polar surface area (TPSA) is 141 Å². The Hall–Kier alpha value is -3.10. The van der Waals surface area contributed by atoms with Crippen molar-refractivity contribution in [2.24, 2.45) is 0 Å². The Balaban J connectivity index is 0.000000271. The fraction of sp³-hybridized carbons (Fsp3) is 0.0588.